The van der Waals surface area contributed by atoms with Gasteiger partial charge in [0.25, 0.3) is 0 Å². The normalized spacial score (nSPS) is 27.9. The molecule has 0 radical (unpaired) electrons. The Labute approximate surface area is 154 Å². The van der Waals surface area contributed by atoms with Gasteiger partial charge < -0.3 is 9.84 Å². The molecule has 1 saturated carbocycles. The van der Waals surface area contributed by atoms with Gasteiger partial charge in [0.2, 0.25) is 0 Å². The van der Waals surface area contributed by atoms with Crippen LogP contribution >= 0.6 is 0 Å². The van der Waals surface area contributed by atoms with Gasteiger partial charge in [-0.3, -0.25) is 4.90 Å². The van der Waals surface area contributed by atoms with Crippen LogP contribution in [-0.4, -0.2) is 30.2 Å². The van der Waals surface area contributed by atoms with Crippen LogP contribution in [0.3, 0.4) is 0 Å². The molecule has 1 saturated heterocycles. The van der Waals surface area contributed by atoms with Crippen molar-refractivity contribution in [2.75, 3.05) is 20.2 Å². The Morgan fingerprint density at radius 1 is 1.23 bits per heavy atom. The number of ether oxygens (including phenoxy) is 1. The van der Waals surface area contributed by atoms with Crippen molar-refractivity contribution in [1.29, 1.82) is 5.26 Å². The van der Waals surface area contributed by atoms with Crippen LogP contribution in [0.15, 0.2) is 48.5 Å². The van der Waals surface area contributed by atoms with Crippen molar-refractivity contribution in [1.82, 2.24) is 4.90 Å². The number of nitriles is 1. The quantitative estimate of drug-likeness (QED) is 0.921. The van der Waals surface area contributed by atoms with Gasteiger partial charge in [0.15, 0.2) is 0 Å². The number of rotatable bonds is 4. The minimum Gasteiger partial charge on any atom is -0.497 e. The number of nitrogens with zero attached hydrogens (tertiary/aromatic N) is 2. The van der Waals surface area contributed by atoms with Crippen LogP contribution in [0.1, 0.15) is 29.5 Å². The molecule has 2 aromatic rings. The first-order valence-electron chi connectivity index (χ1n) is 9.20. The number of methoxy groups -OCH3 is 1. The highest BCUT2D eigenvalue weighted by Crippen LogP contribution is 2.51. The third-order valence-electron chi connectivity index (χ3n) is 6.06. The number of benzene rings is 2. The predicted molar refractivity (Wildman–Crippen MR) is 99.5 cm³/mol. The van der Waals surface area contributed by atoms with E-state index in [-0.39, 0.29) is 5.92 Å². The summed E-state index contributed by atoms with van der Waals surface area (Å²) < 4.78 is 5.34. The molecule has 4 rings (SSSR count). The van der Waals surface area contributed by atoms with Gasteiger partial charge >= 0.3 is 0 Å². The van der Waals surface area contributed by atoms with Crippen LogP contribution in [0.2, 0.25) is 0 Å². The molecule has 1 heterocycles. The minimum atomic E-state index is -0.775. The Morgan fingerprint density at radius 3 is 2.88 bits per heavy atom. The lowest BCUT2D eigenvalue weighted by Crippen LogP contribution is -2.34. The Morgan fingerprint density at radius 2 is 2.08 bits per heavy atom. The van der Waals surface area contributed by atoms with E-state index in [0.717, 1.165) is 49.4 Å². The van der Waals surface area contributed by atoms with Crippen molar-refractivity contribution >= 4 is 0 Å². The zero-order chi connectivity index (χ0) is 18.1. The van der Waals surface area contributed by atoms with Gasteiger partial charge in [0, 0.05) is 25.6 Å². The zero-order valence-electron chi connectivity index (χ0n) is 15.1. The average Bonchev–Trinajstić information content (AvgIpc) is 3.22. The Hall–Kier alpha value is -2.35. The largest absolute Gasteiger partial charge is 0.497 e. The van der Waals surface area contributed by atoms with Crippen LogP contribution in [-0.2, 0) is 12.1 Å². The van der Waals surface area contributed by atoms with E-state index in [0.29, 0.717) is 11.5 Å². The molecule has 26 heavy (non-hydrogen) atoms. The van der Waals surface area contributed by atoms with Crippen LogP contribution in [0.4, 0.5) is 0 Å². The van der Waals surface area contributed by atoms with E-state index in [9.17, 15) is 5.11 Å². The molecule has 4 heteroatoms. The first kappa shape index (κ1) is 17.1. The van der Waals surface area contributed by atoms with Crippen LogP contribution < -0.4 is 4.74 Å². The van der Waals surface area contributed by atoms with Crippen LogP contribution in [0.5, 0.6) is 5.75 Å². The van der Waals surface area contributed by atoms with Crippen molar-refractivity contribution < 1.29 is 9.84 Å². The maximum absolute atomic E-state index is 11.5. The molecule has 1 N–H and O–H groups in total. The van der Waals surface area contributed by atoms with E-state index >= 15 is 0 Å². The number of hydrogen-bond donors (Lipinski definition) is 1. The maximum Gasteiger partial charge on any atom is 0.119 e. The standard InChI is InChI=1S/C22H24N2O2/c1-26-20-7-3-6-19(11-20)22(25)9-8-18-14-24(15-21(18)22)13-17-5-2-4-16(10-17)12-23/h2-7,10-11,18,21,25H,8-9,13-15H2,1H3/t18-,21-,22+/m0/s1. The van der Waals surface area contributed by atoms with Gasteiger partial charge in [-0.05, 0) is 54.2 Å². The third-order valence-corrected chi connectivity index (χ3v) is 6.06. The second-order valence-corrected chi connectivity index (χ2v) is 7.57. The molecule has 2 aliphatic rings. The third kappa shape index (κ3) is 2.98. The first-order valence-corrected chi connectivity index (χ1v) is 9.20. The van der Waals surface area contributed by atoms with Crippen LogP contribution in [0, 0.1) is 23.2 Å². The summed E-state index contributed by atoms with van der Waals surface area (Å²) in [4.78, 5) is 2.41. The molecule has 0 spiro atoms. The van der Waals surface area contributed by atoms with Gasteiger partial charge in [-0.1, -0.05) is 24.3 Å². The van der Waals surface area contributed by atoms with Gasteiger partial charge in [0.1, 0.15) is 5.75 Å². The second-order valence-electron chi connectivity index (χ2n) is 7.57. The maximum atomic E-state index is 11.5. The van der Waals surface area contributed by atoms with Crippen LogP contribution in [0.25, 0.3) is 0 Å². The monoisotopic (exact) mass is 348 g/mol. The Balaban J connectivity index is 1.52. The lowest BCUT2D eigenvalue weighted by Gasteiger charge is -2.31. The van der Waals surface area contributed by atoms with Crippen molar-refractivity contribution in [2.45, 2.75) is 25.0 Å². The molecular formula is C22H24N2O2. The number of likely N-dealkylation sites (tertiary alicyclic amines) is 1. The second kappa shape index (κ2) is 6.75. The van der Waals surface area contributed by atoms with Crippen molar-refractivity contribution in [3.05, 3.63) is 65.2 Å². The summed E-state index contributed by atoms with van der Waals surface area (Å²) in [6, 6.07) is 17.9. The highest BCUT2D eigenvalue weighted by Gasteiger charge is 2.52. The molecule has 0 bridgehead atoms. The summed E-state index contributed by atoms with van der Waals surface area (Å²) in [6.07, 6.45) is 1.86. The number of aliphatic hydroxyl groups is 1. The van der Waals surface area contributed by atoms with Gasteiger partial charge in [-0.2, -0.15) is 5.26 Å². The van der Waals surface area contributed by atoms with E-state index in [4.69, 9.17) is 10.00 Å². The summed E-state index contributed by atoms with van der Waals surface area (Å²) in [5.41, 5.74) is 2.06. The molecule has 0 unspecified atom stereocenters. The fourth-order valence-corrected chi connectivity index (χ4v) is 4.76. The summed E-state index contributed by atoms with van der Waals surface area (Å²) in [5.74, 6) is 1.56. The van der Waals surface area contributed by atoms with Crippen molar-refractivity contribution in [3.63, 3.8) is 0 Å². The Bertz CT molecular complexity index is 844. The Kier molecular flexibility index (Phi) is 4.44. The average molecular weight is 348 g/mol. The molecule has 1 aliphatic carbocycles. The first-order chi connectivity index (χ1) is 12.6. The van der Waals surface area contributed by atoms with E-state index < -0.39 is 5.60 Å². The summed E-state index contributed by atoms with van der Waals surface area (Å²) in [7, 11) is 1.66. The molecular weight excluding hydrogens is 324 g/mol. The van der Waals surface area contributed by atoms with E-state index in [2.05, 4.69) is 17.0 Å². The minimum absolute atomic E-state index is 0.244. The highest BCUT2D eigenvalue weighted by molar-refractivity contribution is 5.35. The smallest absolute Gasteiger partial charge is 0.119 e. The summed E-state index contributed by atoms with van der Waals surface area (Å²) >= 11 is 0. The fourth-order valence-electron chi connectivity index (χ4n) is 4.76. The molecule has 2 aromatic carbocycles. The molecule has 0 amide bonds. The summed E-state index contributed by atoms with van der Waals surface area (Å²) in [5, 5.41) is 20.6. The summed E-state index contributed by atoms with van der Waals surface area (Å²) in [6.45, 7) is 2.72. The lowest BCUT2D eigenvalue weighted by molar-refractivity contribution is -0.00699. The van der Waals surface area contributed by atoms with Gasteiger partial charge in [-0.15, -0.1) is 0 Å². The van der Waals surface area contributed by atoms with Crippen molar-refractivity contribution in [3.8, 4) is 11.8 Å². The van der Waals surface area contributed by atoms with Gasteiger partial charge in [0.05, 0.1) is 24.3 Å². The molecule has 134 valence electrons. The molecule has 3 atom stereocenters. The van der Waals surface area contributed by atoms with E-state index in [1.165, 1.54) is 0 Å². The molecule has 4 nitrogen and oxygen atoms in total. The van der Waals surface area contributed by atoms with Crippen molar-refractivity contribution in [2.24, 2.45) is 11.8 Å². The molecule has 0 aromatic heterocycles. The van der Waals surface area contributed by atoms with E-state index in [1.807, 2.05) is 42.5 Å². The fraction of sp³-hybridized carbons (Fsp3) is 0.409. The highest BCUT2D eigenvalue weighted by atomic mass is 16.5. The van der Waals surface area contributed by atoms with E-state index in [1.54, 1.807) is 7.11 Å². The zero-order valence-corrected chi connectivity index (χ0v) is 15.1. The number of hydrogen-bond acceptors (Lipinski definition) is 4. The SMILES string of the molecule is COc1cccc([C@]2(O)CC[C@H]3CN(Cc4cccc(C#N)c4)C[C@@H]32)c1. The topological polar surface area (TPSA) is 56.5 Å². The number of fused-ring (bicyclic) bond motifs is 1. The molecule has 1 aliphatic heterocycles. The van der Waals surface area contributed by atoms with Gasteiger partial charge in [-0.25, -0.2) is 0 Å². The molecule has 2 fully saturated rings. The lowest BCUT2D eigenvalue weighted by atomic mass is 9.82. The predicted octanol–water partition coefficient (Wildman–Crippen LogP) is 3.30.